The summed E-state index contributed by atoms with van der Waals surface area (Å²) < 4.78 is 13.1. The van der Waals surface area contributed by atoms with Crippen molar-refractivity contribution in [3.05, 3.63) is 108 Å². The number of hydrogen-bond acceptors (Lipinski definition) is 2. The van der Waals surface area contributed by atoms with E-state index in [0.717, 1.165) is 46.0 Å². The highest BCUT2D eigenvalue weighted by Crippen LogP contribution is 2.40. The molecule has 0 fully saturated rings. The zero-order chi connectivity index (χ0) is 23.9. The molecule has 0 spiro atoms. The molecule has 0 unspecified atom stereocenters. The molecule has 0 N–H and O–H groups in total. The topological polar surface area (TPSA) is 18.5 Å². The maximum absolute atomic E-state index is 6.61. The number of benzene rings is 4. The van der Waals surface area contributed by atoms with Gasteiger partial charge in [-0.3, -0.25) is 0 Å². The van der Waals surface area contributed by atoms with Crippen molar-refractivity contribution in [1.82, 2.24) is 0 Å². The van der Waals surface area contributed by atoms with E-state index in [9.17, 15) is 0 Å². The Morgan fingerprint density at radius 1 is 0.829 bits per heavy atom. The molecule has 35 heavy (non-hydrogen) atoms. The van der Waals surface area contributed by atoms with E-state index in [1.807, 2.05) is 6.07 Å². The summed E-state index contributed by atoms with van der Waals surface area (Å²) in [5, 5.41) is 0. The van der Waals surface area contributed by atoms with Gasteiger partial charge in [0.1, 0.15) is 23.0 Å². The van der Waals surface area contributed by atoms with E-state index in [0.29, 0.717) is 0 Å². The lowest BCUT2D eigenvalue weighted by Gasteiger charge is -2.34. The van der Waals surface area contributed by atoms with Crippen molar-refractivity contribution in [2.75, 3.05) is 0 Å². The van der Waals surface area contributed by atoms with Crippen LogP contribution in [0, 0.1) is 6.92 Å². The van der Waals surface area contributed by atoms with Gasteiger partial charge in [-0.15, -0.1) is 0 Å². The van der Waals surface area contributed by atoms with Crippen LogP contribution in [-0.4, -0.2) is 6.71 Å². The van der Waals surface area contributed by atoms with Crippen LogP contribution in [0.5, 0.6) is 23.0 Å². The van der Waals surface area contributed by atoms with Crippen molar-refractivity contribution in [2.24, 2.45) is 0 Å². The maximum atomic E-state index is 6.61. The van der Waals surface area contributed by atoms with Gasteiger partial charge in [0.15, 0.2) is 0 Å². The lowest BCUT2D eigenvalue weighted by Crippen LogP contribution is -2.57. The SMILES string of the molecule is C/C=C(\C=C/CC)c1ccc2c3c1Oc1ccccc1B3c1cc(-c3ccccc3C)ccc1O2. The third-order valence-corrected chi connectivity index (χ3v) is 7.04. The fourth-order valence-corrected chi connectivity index (χ4v) is 5.32. The number of para-hydroxylation sites is 1. The van der Waals surface area contributed by atoms with Gasteiger partial charge in [-0.2, -0.15) is 0 Å². The first-order valence-corrected chi connectivity index (χ1v) is 12.3. The Morgan fingerprint density at radius 3 is 2.43 bits per heavy atom. The quantitative estimate of drug-likeness (QED) is 0.217. The van der Waals surface area contributed by atoms with Gasteiger partial charge in [0, 0.05) is 11.0 Å². The van der Waals surface area contributed by atoms with Crippen LogP contribution in [0.4, 0.5) is 0 Å². The second-order valence-corrected chi connectivity index (χ2v) is 9.15. The molecule has 4 aromatic rings. The summed E-state index contributed by atoms with van der Waals surface area (Å²) in [6, 6.07) is 27.8. The highest BCUT2D eigenvalue weighted by Gasteiger charge is 2.41. The molecule has 0 radical (unpaired) electrons. The standard InChI is InChI=1S/C32H27BO2/c1-4-6-12-22(5-2)25-17-19-30-31-32(25)35-28-15-10-9-14-26(28)33(31)27-20-23(16-18-29(27)34-30)24-13-8-7-11-21(24)3/h5-20H,4H2,1-3H3/b12-6-,22-5+. The Morgan fingerprint density at radius 2 is 1.60 bits per heavy atom. The zero-order valence-electron chi connectivity index (χ0n) is 20.3. The fraction of sp³-hybridized carbons (Fsp3) is 0.125. The molecule has 0 saturated heterocycles. The Bertz CT molecular complexity index is 1510. The summed E-state index contributed by atoms with van der Waals surface area (Å²) >= 11 is 0. The molecule has 2 heterocycles. The van der Waals surface area contributed by atoms with Crippen molar-refractivity contribution in [3.8, 4) is 34.1 Å². The summed E-state index contributed by atoms with van der Waals surface area (Å²) in [7, 11) is 0. The average molecular weight is 454 g/mol. The second-order valence-electron chi connectivity index (χ2n) is 9.15. The van der Waals surface area contributed by atoms with Gasteiger partial charge in [0.25, 0.3) is 6.71 Å². The van der Waals surface area contributed by atoms with Crippen molar-refractivity contribution in [1.29, 1.82) is 0 Å². The van der Waals surface area contributed by atoms with E-state index < -0.39 is 0 Å². The largest absolute Gasteiger partial charge is 0.458 e. The summed E-state index contributed by atoms with van der Waals surface area (Å²) in [4.78, 5) is 0. The lowest BCUT2D eigenvalue weighted by atomic mass is 9.34. The van der Waals surface area contributed by atoms with Crippen molar-refractivity contribution >= 4 is 28.7 Å². The Kier molecular flexibility index (Phi) is 5.34. The third-order valence-electron chi connectivity index (χ3n) is 7.04. The van der Waals surface area contributed by atoms with Crippen LogP contribution in [0.15, 0.2) is 97.1 Å². The Balaban J connectivity index is 1.59. The van der Waals surface area contributed by atoms with E-state index in [1.165, 1.54) is 27.6 Å². The van der Waals surface area contributed by atoms with Crippen LogP contribution in [0.25, 0.3) is 16.7 Å². The predicted octanol–water partition coefficient (Wildman–Crippen LogP) is 6.76. The molecule has 3 heteroatoms. The van der Waals surface area contributed by atoms with Gasteiger partial charge >= 0.3 is 0 Å². The Hall–Kier alpha value is -3.98. The number of hydrogen-bond donors (Lipinski definition) is 0. The zero-order valence-corrected chi connectivity index (χ0v) is 20.3. The average Bonchev–Trinajstić information content (AvgIpc) is 2.90. The molecule has 2 aliphatic heterocycles. The van der Waals surface area contributed by atoms with Crippen LogP contribution in [-0.2, 0) is 0 Å². The minimum atomic E-state index is 0.0471. The first-order valence-electron chi connectivity index (χ1n) is 12.3. The molecular weight excluding hydrogens is 427 g/mol. The van der Waals surface area contributed by atoms with Crippen molar-refractivity contribution in [2.45, 2.75) is 27.2 Å². The molecule has 6 rings (SSSR count). The molecule has 170 valence electrons. The molecule has 2 aliphatic rings. The number of allylic oxidation sites excluding steroid dienone is 4. The number of ether oxygens (including phenoxy) is 2. The first-order chi connectivity index (χ1) is 17.2. The normalized spacial score (nSPS) is 13.6. The van der Waals surface area contributed by atoms with Gasteiger partial charge in [0.05, 0.1) is 0 Å². The van der Waals surface area contributed by atoms with Gasteiger partial charge in [-0.05, 0) is 77.7 Å². The van der Waals surface area contributed by atoms with Crippen molar-refractivity contribution in [3.63, 3.8) is 0 Å². The molecule has 2 nitrogen and oxygen atoms in total. The van der Waals surface area contributed by atoms with Gasteiger partial charge in [-0.25, -0.2) is 0 Å². The molecule has 0 saturated carbocycles. The summed E-state index contributed by atoms with van der Waals surface area (Å²) in [6.07, 6.45) is 7.51. The van der Waals surface area contributed by atoms with E-state index in [-0.39, 0.29) is 6.71 Å². The van der Waals surface area contributed by atoms with Crippen LogP contribution in [0.3, 0.4) is 0 Å². The molecule has 4 aromatic carbocycles. The molecule has 0 aromatic heterocycles. The van der Waals surface area contributed by atoms with Gasteiger partial charge < -0.3 is 9.47 Å². The fourth-order valence-electron chi connectivity index (χ4n) is 5.32. The molecule has 0 aliphatic carbocycles. The lowest BCUT2D eigenvalue weighted by molar-refractivity contribution is 0.463. The molecular formula is C32H27BO2. The molecule has 0 bridgehead atoms. The van der Waals surface area contributed by atoms with Gasteiger partial charge in [0.2, 0.25) is 0 Å². The molecule has 0 atom stereocenters. The highest BCUT2D eigenvalue weighted by atomic mass is 16.5. The minimum absolute atomic E-state index is 0.0471. The number of aryl methyl sites for hydroxylation is 1. The van der Waals surface area contributed by atoms with Crippen LogP contribution >= 0.6 is 0 Å². The number of fused-ring (bicyclic) bond motifs is 4. The van der Waals surface area contributed by atoms with Crippen LogP contribution in [0.2, 0.25) is 0 Å². The van der Waals surface area contributed by atoms with E-state index in [2.05, 4.69) is 112 Å². The summed E-state index contributed by atoms with van der Waals surface area (Å²) in [5.74, 6) is 3.58. The highest BCUT2D eigenvalue weighted by molar-refractivity contribution is 6.98. The van der Waals surface area contributed by atoms with E-state index in [1.54, 1.807) is 0 Å². The Labute approximate surface area is 207 Å². The van der Waals surface area contributed by atoms with E-state index >= 15 is 0 Å². The predicted molar refractivity (Wildman–Crippen MR) is 147 cm³/mol. The second kappa shape index (κ2) is 8.67. The smallest absolute Gasteiger partial charge is 0.260 e. The van der Waals surface area contributed by atoms with Crippen molar-refractivity contribution < 1.29 is 9.47 Å². The van der Waals surface area contributed by atoms with Crippen LogP contribution in [0.1, 0.15) is 31.4 Å². The van der Waals surface area contributed by atoms with Gasteiger partial charge in [-0.1, -0.05) is 79.7 Å². The summed E-state index contributed by atoms with van der Waals surface area (Å²) in [6.45, 7) is 6.44. The minimum Gasteiger partial charge on any atom is -0.458 e. The third kappa shape index (κ3) is 3.50. The summed E-state index contributed by atoms with van der Waals surface area (Å²) in [5.41, 5.74) is 9.43. The van der Waals surface area contributed by atoms with Crippen LogP contribution < -0.4 is 25.9 Å². The van der Waals surface area contributed by atoms with E-state index in [4.69, 9.17) is 9.47 Å². The monoisotopic (exact) mass is 454 g/mol. The maximum Gasteiger partial charge on any atom is 0.260 e. The first kappa shape index (κ1) is 21.6. The molecule has 0 amide bonds. The number of rotatable bonds is 4.